The van der Waals surface area contributed by atoms with Gasteiger partial charge >= 0.3 is 0 Å². The van der Waals surface area contributed by atoms with Gasteiger partial charge in [-0.3, -0.25) is 0 Å². The van der Waals surface area contributed by atoms with Gasteiger partial charge in [0, 0.05) is 12.5 Å². The molecule has 0 N–H and O–H groups in total. The van der Waals surface area contributed by atoms with Gasteiger partial charge in [0.1, 0.15) is 5.21 Å². The summed E-state index contributed by atoms with van der Waals surface area (Å²) in [7, 11) is -6.25. The fourth-order valence-corrected chi connectivity index (χ4v) is 3.00. The second kappa shape index (κ2) is 3.06. The Morgan fingerprint density at radius 3 is 1.80 bits per heavy atom. The van der Waals surface area contributed by atoms with Crippen molar-refractivity contribution in [3.63, 3.8) is 0 Å². The fourth-order valence-electron chi connectivity index (χ4n) is 0.293. The van der Waals surface area contributed by atoms with Gasteiger partial charge in [0.15, 0.2) is 0 Å². The van der Waals surface area contributed by atoms with Gasteiger partial charge < -0.3 is 0 Å². The van der Waals surface area contributed by atoms with Gasteiger partial charge in [-0.2, -0.15) is 0 Å². The topological polar surface area (TPSA) is 63.6 Å². The Bertz CT molecular complexity index is 303. The highest BCUT2D eigenvalue weighted by molar-refractivity contribution is 8.03. The van der Waals surface area contributed by atoms with Gasteiger partial charge in [-0.1, -0.05) is 0 Å². The lowest BCUT2D eigenvalue weighted by Crippen LogP contribution is -2.01. The zero-order valence-electron chi connectivity index (χ0n) is 5.57. The maximum absolute atomic E-state index is 10.8. The van der Waals surface area contributed by atoms with Crippen molar-refractivity contribution in [3.8, 4) is 0 Å². The number of alkyl halides is 1. The van der Waals surface area contributed by atoms with Gasteiger partial charge in [-0.25, -0.2) is 12.6 Å². The number of halogens is 1. The van der Waals surface area contributed by atoms with E-state index in [1.165, 1.54) is 12.5 Å². The SMILES string of the molecule is CS(C)(=O)=NS(=O)(=O)CCl. The molecule has 4 nitrogen and oxygen atoms in total. The molecule has 0 heterocycles. The second-order valence-electron chi connectivity index (χ2n) is 1.95. The molecule has 0 aliphatic carbocycles. The smallest absolute Gasteiger partial charge is 0.249 e. The van der Waals surface area contributed by atoms with Crippen LogP contribution in [0, 0.1) is 0 Å². The number of nitrogens with zero attached hydrogens (tertiary/aromatic N) is 1. The van der Waals surface area contributed by atoms with Crippen LogP contribution in [-0.4, -0.2) is 30.4 Å². The van der Waals surface area contributed by atoms with Crippen molar-refractivity contribution in [2.45, 2.75) is 0 Å². The first kappa shape index (κ1) is 10.2. The summed E-state index contributed by atoms with van der Waals surface area (Å²) in [5.41, 5.74) is 0. The van der Waals surface area contributed by atoms with Crippen molar-refractivity contribution >= 4 is 31.4 Å². The molecule has 0 amide bonds. The van der Waals surface area contributed by atoms with Crippen LogP contribution in [0.25, 0.3) is 0 Å². The van der Waals surface area contributed by atoms with E-state index in [9.17, 15) is 12.6 Å². The van der Waals surface area contributed by atoms with Crippen LogP contribution in [0.2, 0.25) is 0 Å². The zero-order chi connectivity index (χ0) is 8.41. The first-order valence-electron chi connectivity index (χ1n) is 2.24. The molecule has 0 bridgehead atoms. The van der Waals surface area contributed by atoms with E-state index in [0.717, 1.165) is 0 Å². The maximum Gasteiger partial charge on any atom is 0.274 e. The van der Waals surface area contributed by atoms with E-state index in [2.05, 4.69) is 3.77 Å². The molecular formula is C3H8ClNO3S2. The molecule has 62 valence electrons. The average Bonchev–Trinajstić information content (AvgIpc) is 1.60. The van der Waals surface area contributed by atoms with E-state index < -0.39 is 25.0 Å². The predicted molar refractivity (Wildman–Crippen MR) is 42.1 cm³/mol. The van der Waals surface area contributed by atoms with E-state index in [4.69, 9.17) is 11.6 Å². The van der Waals surface area contributed by atoms with Crippen LogP contribution in [0.5, 0.6) is 0 Å². The molecule has 0 unspecified atom stereocenters. The third-order valence-electron chi connectivity index (χ3n) is 0.431. The summed E-state index contributed by atoms with van der Waals surface area (Å²) in [6.45, 7) is 0. The lowest BCUT2D eigenvalue weighted by molar-refractivity contribution is 0.602. The molecule has 0 rings (SSSR count). The van der Waals surface area contributed by atoms with Gasteiger partial charge in [0.05, 0.1) is 9.73 Å². The molecule has 7 heteroatoms. The Hall–Kier alpha value is 0.190. The van der Waals surface area contributed by atoms with Crippen LogP contribution < -0.4 is 0 Å². The molecule has 0 aromatic carbocycles. The highest BCUT2D eigenvalue weighted by Crippen LogP contribution is 1.98. The molecular weight excluding hydrogens is 198 g/mol. The van der Waals surface area contributed by atoms with Gasteiger partial charge in [-0.15, -0.1) is 15.4 Å². The normalized spacial score (nSPS) is 13.1. The largest absolute Gasteiger partial charge is 0.274 e. The van der Waals surface area contributed by atoms with Gasteiger partial charge in [0.25, 0.3) is 10.0 Å². The van der Waals surface area contributed by atoms with Crippen LogP contribution in [0.15, 0.2) is 3.77 Å². The highest BCUT2D eigenvalue weighted by atomic mass is 35.5. The molecule has 0 aliphatic heterocycles. The molecule has 0 saturated heterocycles. The first-order chi connectivity index (χ1) is 4.27. The van der Waals surface area contributed by atoms with Crippen molar-refractivity contribution in [2.75, 3.05) is 17.7 Å². The van der Waals surface area contributed by atoms with Crippen molar-refractivity contribution in [1.29, 1.82) is 0 Å². The molecule has 0 saturated carbocycles. The summed E-state index contributed by atoms with van der Waals surface area (Å²) >= 11 is 4.99. The Balaban J connectivity index is 4.97. The van der Waals surface area contributed by atoms with Gasteiger partial charge in [0.2, 0.25) is 0 Å². The highest BCUT2D eigenvalue weighted by Gasteiger charge is 2.06. The zero-order valence-corrected chi connectivity index (χ0v) is 7.96. The quantitative estimate of drug-likeness (QED) is 0.607. The van der Waals surface area contributed by atoms with Crippen molar-refractivity contribution in [2.24, 2.45) is 3.77 Å². The maximum atomic E-state index is 10.8. The van der Waals surface area contributed by atoms with E-state index in [0.29, 0.717) is 0 Å². The summed E-state index contributed by atoms with van der Waals surface area (Å²) in [5.74, 6) is 0. The van der Waals surface area contributed by atoms with E-state index in [1.807, 2.05) is 0 Å². The molecule has 0 aromatic heterocycles. The summed E-state index contributed by atoms with van der Waals surface area (Å²) in [6.07, 6.45) is 2.47. The molecule has 0 atom stereocenters. The van der Waals surface area contributed by atoms with Crippen LogP contribution >= 0.6 is 11.6 Å². The van der Waals surface area contributed by atoms with Crippen molar-refractivity contribution < 1.29 is 12.6 Å². The Morgan fingerprint density at radius 2 is 1.70 bits per heavy atom. The van der Waals surface area contributed by atoms with Crippen molar-refractivity contribution in [1.82, 2.24) is 0 Å². The molecule has 0 radical (unpaired) electrons. The Labute approximate surface area is 65.8 Å². The Morgan fingerprint density at radius 1 is 1.30 bits per heavy atom. The number of rotatable bonds is 2. The summed E-state index contributed by atoms with van der Waals surface area (Å²) < 4.78 is 34.9. The summed E-state index contributed by atoms with van der Waals surface area (Å²) in [5, 5.41) is -0.619. The monoisotopic (exact) mass is 205 g/mol. The standard InChI is InChI=1S/C3H8ClNO3S2/c1-9(2,6)5-10(7,8)3-4/h3H2,1-2H3. The molecule has 0 fully saturated rings. The first-order valence-corrected chi connectivity index (χ1v) is 6.71. The van der Waals surface area contributed by atoms with Crippen LogP contribution in [0.4, 0.5) is 0 Å². The van der Waals surface area contributed by atoms with Gasteiger partial charge in [-0.05, 0) is 0 Å². The molecule has 0 aromatic rings. The minimum atomic E-state index is -3.66. The molecule has 0 aliphatic rings. The van der Waals surface area contributed by atoms with Crippen LogP contribution in [0.1, 0.15) is 0 Å². The van der Waals surface area contributed by atoms with E-state index in [-0.39, 0.29) is 0 Å². The number of hydrogen-bond acceptors (Lipinski definition) is 3. The van der Waals surface area contributed by atoms with E-state index >= 15 is 0 Å². The van der Waals surface area contributed by atoms with Crippen LogP contribution in [0.3, 0.4) is 0 Å². The predicted octanol–water partition coefficient (Wildman–Crippen LogP) is 0.240. The number of sulfonamides is 1. The number of hydrogen-bond donors (Lipinski definition) is 0. The summed E-state index contributed by atoms with van der Waals surface area (Å²) in [6, 6.07) is 0. The van der Waals surface area contributed by atoms with Crippen LogP contribution in [-0.2, 0) is 19.8 Å². The lowest BCUT2D eigenvalue weighted by Gasteiger charge is -1.92. The third kappa shape index (κ3) is 5.01. The van der Waals surface area contributed by atoms with Crippen molar-refractivity contribution in [3.05, 3.63) is 0 Å². The van der Waals surface area contributed by atoms with E-state index in [1.54, 1.807) is 0 Å². The minimum absolute atomic E-state index is 0.619. The molecule has 0 spiro atoms. The minimum Gasteiger partial charge on any atom is -0.249 e. The Kier molecular flexibility index (Phi) is 3.12. The lowest BCUT2D eigenvalue weighted by atomic mass is 11.9. The third-order valence-corrected chi connectivity index (χ3v) is 3.88. The second-order valence-corrected chi connectivity index (χ2v) is 6.94. The average molecular weight is 206 g/mol. The summed E-state index contributed by atoms with van der Waals surface area (Å²) in [4.78, 5) is 0. The fraction of sp³-hybridized carbons (Fsp3) is 1.00. The molecule has 10 heavy (non-hydrogen) atoms.